The third-order valence-electron chi connectivity index (χ3n) is 4.85. The van der Waals surface area contributed by atoms with E-state index in [2.05, 4.69) is 15.6 Å². The molecule has 1 fully saturated rings. The lowest BCUT2D eigenvalue weighted by Gasteiger charge is -2.15. The first kappa shape index (κ1) is 26.3. The predicted octanol–water partition coefficient (Wildman–Crippen LogP) is 4.61. The Kier molecular flexibility index (Phi) is 11.7. The average Bonchev–Trinajstić information content (AvgIpc) is 3.30. The van der Waals surface area contributed by atoms with Crippen LogP contribution in [0.25, 0.3) is 0 Å². The Morgan fingerprint density at radius 2 is 1.94 bits per heavy atom. The predicted molar refractivity (Wildman–Crippen MR) is 136 cm³/mol. The third-order valence-corrected chi connectivity index (χ3v) is 5.94. The maximum Gasteiger partial charge on any atom is 0.269 e. The van der Waals surface area contributed by atoms with E-state index in [-0.39, 0.29) is 35.5 Å². The fourth-order valence-electron chi connectivity index (χ4n) is 3.05. The van der Waals surface area contributed by atoms with Crippen LogP contribution in [0.2, 0.25) is 0 Å². The molecule has 32 heavy (non-hydrogen) atoms. The molecule has 1 aliphatic heterocycles. The molecule has 0 radical (unpaired) electrons. The van der Waals surface area contributed by atoms with Gasteiger partial charge in [-0.25, -0.2) is 9.38 Å². The van der Waals surface area contributed by atoms with Gasteiger partial charge >= 0.3 is 0 Å². The largest absolute Gasteiger partial charge is 0.381 e. The van der Waals surface area contributed by atoms with Crippen molar-refractivity contribution < 1.29 is 14.1 Å². The fraction of sp³-hybridized carbons (Fsp3) is 0.409. The van der Waals surface area contributed by atoms with Crippen molar-refractivity contribution in [2.45, 2.75) is 24.3 Å². The molecule has 1 atom stereocenters. The fourth-order valence-corrected chi connectivity index (χ4v) is 3.91. The zero-order valence-electron chi connectivity index (χ0n) is 17.7. The van der Waals surface area contributed by atoms with E-state index in [1.165, 1.54) is 24.3 Å². The van der Waals surface area contributed by atoms with Gasteiger partial charge in [0, 0.05) is 42.6 Å². The van der Waals surface area contributed by atoms with Gasteiger partial charge in [-0.15, -0.1) is 35.7 Å². The van der Waals surface area contributed by atoms with E-state index in [1.807, 2.05) is 0 Å². The van der Waals surface area contributed by atoms with Crippen LogP contribution in [-0.2, 0) is 11.3 Å². The Morgan fingerprint density at radius 1 is 1.19 bits per heavy atom. The topological polar surface area (TPSA) is 88.8 Å². The lowest BCUT2D eigenvalue weighted by Crippen LogP contribution is -2.40. The monoisotopic (exact) mass is 574 g/mol. The van der Waals surface area contributed by atoms with Gasteiger partial charge in [0.15, 0.2) is 5.96 Å². The molecular formula is C22H28FIN4O3S. The van der Waals surface area contributed by atoms with Crippen molar-refractivity contribution in [2.75, 3.05) is 32.1 Å². The molecule has 174 valence electrons. The summed E-state index contributed by atoms with van der Waals surface area (Å²) >= 11 is 1.69. The molecule has 10 heteroatoms. The Labute approximate surface area is 208 Å². The molecule has 1 heterocycles. The van der Waals surface area contributed by atoms with Crippen LogP contribution in [0, 0.1) is 21.8 Å². The number of guanidine groups is 1. The molecule has 7 nitrogen and oxygen atoms in total. The van der Waals surface area contributed by atoms with E-state index >= 15 is 0 Å². The van der Waals surface area contributed by atoms with E-state index in [9.17, 15) is 14.5 Å². The molecule has 2 aromatic carbocycles. The summed E-state index contributed by atoms with van der Waals surface area (Å²) < 4.78 is 18.4. The van der Waals surface area contributed by atoms with Crippen LogP contribution in [0.1, 0.15) is 18.4 Å². The van der Waals surface area contributed by atoms with Gasteiger partial charge in [-0.05, 0) is 48.4 Å². The summed E-state index contributed by atoms with van der Waals surface area (Å²) in [4.78, 5) is 16.1. The molecule has 1 aliphatic rings. The molecule has 0 saturated carbocycles. The SMILES string of the molecule is I.O=[N+]([O-])c1ccc(CN=C(NCCCSc2ccc(F)cc2)NCC2CCOC2)cc1. The highest BCUT2D eigenvalue weighted by Crippen LogP contribution is 2.18. The quantitative estimate of drug-likeness (QED) is 0.0821. The number of aliphatic imine (C=N–C) groups is 1. The second kappa shape index (κ2) is 14.3. The molecule has 1 saturated heterocycles. The molecule has 2 N–H and O–H groups in total. The zero-order valence-corrected chi connectivity index (χ0v) is 20.8. The summed E-state index contributed by atoms with van der Waals surface area (Å²) in [5.74, 6) is 1.88. The number of ether oxygens (including phenoxy) is 1. The van der Waals surface area contributed by atoms with Gasteiger partial charge in [-0.1, -0.05) is 12.1 Å². The van der Waals surface area contributed by atoms with Gasteiger partial charge in [0.1, 0.15) is 5.82 Å². The van der Waals surface area contributed by atoms with Crippen molar-refractivity contribution in [3.8, 4) is 0 Å². The van der Waals surface area contributed by atoms with Gasteiger partial charge in [0.2, 0.25) is 0 Å². The Hall–Kier alpha value is -1.92. The molecule has 2 aromatic rings. The minimum absolute atomic E-state index is 0. The number of benzene rings is 2. The maximum absolute atomic E-state index is 13.0. The van der Waals surface area contributed by atoms with Crippen LogP contribution in [0.4, 0.5) is 10.1 Å². The van der Waals surface area contributed by atoms with Gasteiger partial charge in [0.25, 0.3) is 5.69 Å². The number of non-ortho nitro benzene ring substituents is 1. The molecule has 0 bridgehead atoms. The zero-order chi connectivity index (χ0) is 21.9. The number of nitrogens with zero attached hydrogens (tertiary/aromatic N) is 2. The van der Waals surface area contributed by atoms with E-state index in [0.29, 0.717) is 12.5 Å². The summed E-state index contributed by atoms with van der Waals surface area (Å²) in [5, 5.41) is 17.5. The summed E-state index contributed by atoms with van der Waals surface area (Å²) in [6, 6.07) is 13.0. The first-order valence-corrected chi connectivity index (χ1v) is 11.3. The standard InChI is InChI=1S/C22H27FN4O3S.HI/c23-19-4-8-21(9-5-19)31-13-1-11-24-22(26-15-18-10-12-30-16-18)25-14-17-2-6-20(7-3-17)27(28)29;/h2-9,18H,1,10-16H2,(H2,24,25,26);1H. The van der Waals surface area contributed by atoms with Gasteiger partial charge < -0.3 is 15.4 Å². The smallest absolute Gasteiger partial charge is 0.269 e. The number of nitrogens with one attached hydrogen (secondary N) is 2. The molecule has 0 aromatic heterocycles. The van der Waals surface area contributed by atoms with E-state index in [1.54, 1.807) is 36.0 Å². The Bertz CT molecular complexity index is 862. The average molecular weight is 574 g/mol. The van der Waals surface area contributed by atoms with Crippen LogP contribution in [-0.4, -0.2) is 42.9 Å². The summed E-state index contributed by atoms with van der Waals surface area (Å²) in [7, 11) is 0. The van der Waals surface area contributed by atoms with Crippen molar-refractivity contribution in [1.82, 2.24) is 10.6 Å². The minimum Gasteiger partial charge on any atom is -0.381 e. The van der Waals surface area contributed by atoms with Gasteiger partial charge in [-0.2, -0.15) is 0 Å². The van der Waals surface area contributed by atoms with Crippen LogP contribution < -0.4 is 10.6 Å². The number of hydrogen-bond acceptors (Lipinski definition) is 5. The van der Waals surface area contributed by atoms with Crippen molar-refractivity contribution in [3.05, 3.63) is 70.0 Å². The third kappa shape index (κ3) is 9.29. The van der Waals surface area contributed by atoms with E-state index < -0.39 is 4.92 Å². The summed E-state index contributed by atoms with van der Waals surface area (Å²) in [5.41, 5.74) is 0.979. The molecule has 0 amide bonds. The van der Waals surface area contributed by atoms with Crippen LogP contribution in [0.15, 0.2) is 58.4 Å². The second-order valence-electron chi connectivity index (χ2n) is 7.28. The van der Waals surface area contributed by atoms with Crippen molar-refractivity contribution in [1.29, 1.82) is 0 Å². The molecule has 0 aliphatic carbocycles. The molecule has 0 spiro atoms. The first-order valence-electron chi connectivity index (χ1n) is 10.3. The first-order chi connectivity index (χ1) is 15.1. The molecular weight excluding hydrogens is 546 g/mol. The highest BCUT2D eigenvalue weighted by molar-refractivity contribution is 14.0. The highest BCUT2D eigenvalue weighted by atomic mass is 127. The van der Waals surface area contributed by atoms with Crippen molar-refractivity contribution in [3.63, 3.8) is 0 Å². The second-order valence-corrected chi connectivity index (χ2v) is 8.45. The lowest BCUT2D eigenvalue weighted by molar-refractivity contribution is -0.384. The van der Waals surface area contributed by atoms with Crippen molar-refractivity contribution in [2.24, 2.45) is 10.9 Å². The van der Waals surface area contributed by atoms with Crippen LogP contribution in [0.3, 0.4) is 0 Å². The number of nitro groups is 1. The minimum atomic E-state index is -0.408. The number of nitro benzene ring substituents is 1. The number of hydrogen-bond donors (Lipinski definition) is 2. The number of rotatable bonds is 10. The number of thioether (sulfide) groups is 1. The Morgan fingerprint density at radius 3 is 2.59 bits per heavy atom. The number of halogens is 2. The van der Waals surface area contributed by atoms with Crippen LogP contribution in [0.5, 0.6) is 0 Å². The van der Waals surface area contributed by atoms with Crippen molar-refractivity contribution >= 4 is 47.4 Å². The lowest BCUT2D eigenvalue weighted by atomic mass is 10.1. The molecule has 1 unspecified atom stereocenters. The van der Waals surface area contributed by atoms with E-state index in [0.717, 1.165) is 61.3 Å². The summed E-state index contributed by atoms with van der Waals surface area (Å²) in [6.45, 7) is 3.53. The highest BCUT2D eigenvalue weighted by Gasteiger charge is 2.15. The van der Waals surface area contributed by atoms with Gasteiger partial charge in [0.05, 0.1) is 18.1 Å². The summed E-state index contributed by atoms with van der Waals surface area (Å²) in [6.07, 6.45) is 1.96. The maximum atomic E-state index is 13.0. The van der Waals surface area contributed by atoms with Gasteiger partial charge in [-0.3, -0.25) is 10.1 Å². The normalized spacial score (nSPS) is 15.8. The van der Waals surface area contributed by atoms with E-state index in [4.69, 9.17) is 4.74 Å². The van der Waals surface area contributed by atoms with Crippen LogP contribution >= 0.6 is 35.7 Å². The molecule has 3 rings (SSSR count). The Balaban J connectivity index is 0.00000363.